The molecule has 0 spiro atoms. The normalized spacial score (nSPS) is 17.3. The minimum atomic E-state index is -0.605. The van der Waals surface area contributed by atoms with Gasteiger partial charge >= 0.3 is 0 Å². The summed E-state index contributed by atoms with van der Waals surface area (Å²) in [5.74, 6) is -0.152. The first-order chi connectivity index (χ1) is 17.2. The van der Waals surface area contributed by atoms with Crippen LogP contribution in [0, 0.1) is 5.82 Å². The highest BCUT2D eigenvalue weighted by Crippen LogP contribution is 2.33. The smallest absolute Gasteiger partial charge is 0.245 e. The van der Waals surface area contributed by atoms with Crippen molar-refractivity contribution < 1.29 is 13.9 Å². The standard InChI is InChI=1S/C30H27FN2O2/c31-25-16-17-27-26(19-25)32-30(34)29(28(35-27)18-22-10-4-1-5-11-22)33(20-23-12-6-2-7-13-23)21-24-14-8-3-9-15-24/h1-17,19,28-29H,18,20-21H2,(H,32,34)/t28-,29+/m1/s1. The maximum absolute atomic E-state index is 14.0. The quantitative estimate of drug-likeness (QED) is 0.372. The SMILES string of the molecule is O=C1Nc2cc(F)ccc2O[C@H](Cc2ccccc2)[C@@H]1N(Cc1ccccc1)Cc1ccccc1. The number of anilines is 1. The van der Waals surface area contributed by atoms with E-state index in [1.54, 1.807) is 6.07 Å². The van der Waals surface area contributed by atoms with E-state index in [9.17, 15) is 9.18 Å². The van der Waals surface area contributed by atoms with Crippen LogP contribution < -0.4 is 10.1 Å². The van der Waals surface area contributed by atoms with Gasteiger partial charge in [0.05, 0.1) is 5.69 Å². The summed E-state index contributed by atoms with van der Waals surface area (Å²) in [6, 6.07) is 33.9. The second-order valence-electron chi connectivity index (χ2n) is 8.80. The van der Waals surface area contributed by atoms with Gasteiger partial charge in [0, 0.05) is 25.6 Å². The van der Waals surface area contributed by atoms with Crippen LogP contribution in [-0.4, -0.2) is 23.0 Å². The topological polar surface area (TPSA) is 41.6 Å². The molecule has 0 saturated heterocycles. The summed E-state index contributed by atoms with van der Waals surface area (Å²) in [6.45, 7) is 1.13. The van der Waals surface area contributed by atoms with Crippen LogP contribution in [0.2, 0.25) is 0 Å². The highest BCUT2D eigenvalue weighted by atomic mass is 19.1. The van der Waals surface area contributed by atoms with Crippen molar-refractivity contribution in [3.8, 4) is 5.75 Å². The molecule has 1 N–H and O–H groups in total. The lowest BCUT2D eigenvalue weighted by atomic mass is 9.98. The van der Waals surface area contributed by atoms with Crippen molar-refractivity contribution in [1.82, 2.24) is 4.90 Å². The molecule has 5 rings (SSSR count). The number of amides is 1. The van der Waals surface area contributed by atoms with Crippen LogP contribution in [0.25, 0.3) is 0 Å². The average molecular weight is 467 g/mol. The summed E-state index contributed by atoms with van der Waals surface area (Å²) in [5, 5.41) is 2.94. The van der Waals surface area contributed by atoms with E-state index in [0.29, 0.717) is 30.9 Å². The Kier molecular flexibility index (Phi) is 6.87. The molecule has 0 aromatic heterocycles. The highest BCUT2D eigenvalue weighted by molar-refractivity contribution is 5.97. The van der Waals surface area contributed by atoms with Gasteiger partial charge in [-0.15, -0.1) is 0 Å². The van der Waals surface area contributed by atoms with Crippen LogP contribution in [0.5, 0.6) is 5.75 Å². The summed E-state index contributed by atoms with van der Waals surface area (Å²) >= 11 is 0. The number of benzene rings is 4. The van der Waals surface area contributed by atoms with Crippen LogP contribution in [-0.2, 0) is 24.3 Å². The Hall–Kier alpha value is -3.96. The Morgan fingerprint density at radius 2 is 1.29 bits per heavy atom. The number of carbonyl (C=O) groups excluding carboxylic acids is 1. The van der Waals surface area contributed by atoms with Crippen LogP contribution in [0.15, 0.2) is 109 Å². The van der Waals surface area contributed by atoms with Crippen LogP contribution in [0.1, 0.15) is 16.7 Å². The predicted octanol–water partition coefficient (Wildman–Crippen LogP) is 5.84. The van der Waals surface area contributed by atoms with Gasteiger partial charge in [-0.25, -0.2) is 4.39 Å². The van der Waals surface area contributed by atoms with E-state index >= 15 is 0 Å². The number of hydrogen-bond acceptors (Lipinski definition) is 3. The van der Waals surface area contributed by atoms with E-state index in [1.165, 1.54) is 12.1 Å². The molecule has 176 valence electrons. The molecule has 4 aromatic rings. The summed E-state index contributed by atoms with van der Waals surface area (Å²) in [5.41, 5.74) is 3.63. The first-order valence-corrected chi connectivity index (χ1v) is 11.8. The fourth-order valence-corrected chi connectivity index (χ4v) is 4.59. The van der Waals surface area contributed by atoms with Gasteiger partial charge in [0.15, 0.2) is 0 Å². The third-order valence-electron chi connectivity index (χ3n) is 6.23. The average Bonchev–Trinajstić information content (AvgIpc) is 3.00. The first-order valence-electron chi connectivity index (χ1n) is 11.8. The van der Waals surface area contributed by atoms with E-state index in [2.05, 4.69) is 34.5 Å². The summed E-state index contributed by atoms with van der Waals surface area (Å²) in [4.78, 5) is 15.9. The Morgan fingerprint density at radius 3 is 1.86 bits per heavy atom. The molecular weight excluding hydrogens is 439 g/mol. The minimum Gasteiger partial charge on any atom is -0.486 e. The molecule has 0 saturated carbocycles. The summed E-state index contributed by atoms with van der Waals surface area (Å²) in [6.07, 6.45) is 0.0621. The van der Waals surface area contributed by atoms with Crippen molar-refractivity contribution in [3.05, 3.63) is 132 Å². The Labute approximate surface area is 205 Å². The Bertz CT molecular complexity index is 1220. The third kappa shape index (κ3) is 5.58. The van der Waals surface area contributed by atoms with Crippen molar-refractivity contribution in [2.24, 2.45) is 0 Å². The summed E-state index contributed by atoms with van der Waals surface area (Å²) in [7, 11) is 0. The number of hydrogen-bond donors (Lipinski definition) is 1. The van der Waals surface area contributed by atoms with Crippen molar-refractivity contribution in [1.29, 1.82) is 0 Å². The van der Waals surface area contributed by atoms with Crippen molar-refractivity contribution in [3.63, 3.8) is 0 Å². The zero-order chi connectivity index (χ0) is 24.0. The van der Waals surface area contributed by atoms with Gasteiger partial charge in [-0.3, -0.25) is 9.69 Å². The molecule has 1 aliphatic heterocycles. The maximum atomic E-state index is 14.0. The van der Waals surface area contributed by atoms with E-state index in [1.807, 2.05) is 66.7 Å². The molecule has 5 heteroatoms. The number of ether oxygens (including phenoxy) is 1. The van der Waals surface area contributed by atoms with Crippen LogP contribution in [0.4, 0.5) is 10.1 Å². The highest BCUT2D eigenvalue weighted by Gasteiger charge is 2.38. The third-order valence-corrected chi connectivity index (χ3v) is 6.23. The lowest BCUT2D eigenvalue weighted by Crippen LogP contribution is -2.52. The molecule has 0 unspecified atom stereocenters. The molecule has 1 heterocycles. The second kappa shape index (κ2) is 10.5. The summed E-state index contributed by atoms with van der Waals surface area (Å²) < 4.78 is 20.5. The zero-order valence-electron chi connectivity index (χ0n) is 19.3. The van der Waals surface area contributed by atoms with E-state index in [-0.39, 0.29) is 5.91 Å². The number of nitrogens with one attached hydrogen (secondary N) is 1. The van der Waals surface area contributed by atoms with Gasteiger partial charge in [0.1, 0.15) is 23.7 Å². The Morgan fingerprint density at radius 1 is 0.743 bits per heavy atom. The molecule has 4 aromatic carbocycles. The fraction of sp³-hybridized carbons (Fsp3) is 0.167. The van der Waals surface area contributed by atoms with Crippen molar-refractivity contribution in [2.45, 2.75) is 31.7 Å². The number of rotatable bonds is 7. The van der Waals surface area contributed by atoms with E-state index in [0.717, 1.165) is 16.7 Å². The molecule has 0 bridgehead atoms. The van der Waals surface area contributed by atoms with Gasteiger partial charge in [-0.2, -0.15) is 0 Å². The molecule has 1 amide bonds. The lowest BCUT2D eigenvalue weighted by Gasteiger charge is -2.34. The number of fused-ring (bicyclic) bond motifs is 1. The maximum Gasteiger partial charge on any atom is 0.245 e. The van der Waals surface area contributed by atoms with Crippen LogP contribution in [0.3, 0.4) is 0 Å². The van der Waals surface area contributed by atoms with Crippen LogP contribution >= 0.6 is 0 Å². The first kappa shape index (κ1) is 22.8. The molecule has 2 atom stereocenters. The fourth-order valence-electron chi connectivity index (χ4n) is 4.59. The Balaban J connectivity index is 1.55. The van der Waals surface area contributed by atoms with Gasteiger partial charge in [-0.1, -0.05) is 91.0 Å². The van der Waals surface area contributed by atoms with Gasteiger partial charge in [0.2, 0.25) is 5.91 Å². The largest absolute Gasteiger partial charge is 0.486 e. The van der Waals surface area contributed by atoms with E-state index < -0.39 is 18.0 Å². The second-order valence-corrected chi connectivity index (χ2v) is 8.80. The number of nitrogens with zero attached hydrogens (tertiary/aromatic N) is 1. The minimum absolute atomic E-state index is 0.206. The van der Waals surface area contributed by atoms with Gasteiger partial charge in [-0.05, 0) is 28.8 Å². The number of halogens is 1. The molecule has 4 nitrogen and oxygen atoms in total. The number of carbonyl (C=O) groups is 1. The van der Waals surface area contributed by atoms with Crippen molar-refractivity contribution in [2.75, 3.05) is 5.32 Å². The molecule has 0 aliphatic carbocycles. The molecule has 1 aliphatic rings. The molecule has 0 radical (unpaired) electrons. The van der Waals surface area contributed by atoms with Gasteiger partial charge in [0.25, 0.3) is 0 Å². The molecule has 35 heavy (non-hydrogen) atoms. The molecule has 0 fully saturated rings. The van der Waals surface area contributed by atoms with E-state index in [4.69, 9.17) is 4.74 Å². The zero-order valence-corrected chi connectivity index (χ0v) is 19.3. The van der Waals surface area contributed by atoms with Crippen molar-refractivity contribution >= 4 is 11.6 Å². The van der Waals surface area contributed by atoms with Gasteiger partial charge < -0.3 is 10.1 Å². The predicted molar refractivity (Wildman–Crippen MR) is 136 cm³/mol. The molecular formula is C30H27FN2O2. The lowest BCUT2D eigenvalue weighted by molar-refractivity contribution is -0.124. The monoisotopic (exact) mass is 466 g/mol.